The van der Waals surface area contributed by atoms with Crippen molar-refractivity contribution in [1.82, 2.24) is 0 Å². The lowest BCUT2D eigenvalue weighted by Gasteiger charge is -2.04. The van der Waals surface area contributed by atoms with Crippen LogP contribution < -0.4 is 5.32 Å². The fourth-order valence-electron chi connectivity index (χ4n) is 1.73. The Morgan fingerprint density at radius 3 is 2.52 bits per heavy atom. The zero-order valence-corrected chi connectivity index (χ0v) is 12.3. The standard InChI is InChI=1S/C16H15NO3S/c1-2-11-3-5-12(6-4-11)17-16(20)14-9-7-13(21-14)8-10-15(18)19/h3-10H,2H2,1H3,(H,17,20)(H,18,19). The van der Waals surface area contributed by atoms with Crippen molar-refractivity contribution < 1.29 is 14.7 Å². The summed E-state index contributed by atoms with van der Waals surface area (Å²) in [7, 11) is 0. The summed E-state index contributed by atoms with van der Waals surface area (Å²) in [5.41, 5.74) is 1.96. The van der Waals surface area contributed by atoms with E-state index in [1.807, 2.05) is 24.3 Å². The van der Waals surface area contributed by atoms with Gasteiger partial charge in [0.25, 0.3) is 5.91 Å². The lowest BCUT2D eigenvalue weighted by molar-refractivity contribution is -0.131. The molecule has 0 saturated carbocycles. The van der Waals surface area contributed by atoms with E-state index in [2.05, 4.69) is 12.2 Å². The number of aryl methyl sites for hydroxylation is 1. The van der Waals surface area contributed by atoms with Gasteiger partial charge in [0.05, 0.1) is 4.88 Å². The molecule has 2 N–H and O–H groups in total. The molecule has 0 atom stereocenters. The summed E-state index contributed by atoms with van der Waals surface area (Å²) >= 11 is 1.25. The van der Waals surface area contributed by atoms with Crippen LogP contribution in [-0.4, -0.2) is 17.0 Å². The summed E-state index contributed by atoms with van der Waals surface area (Å²) < 4.78 is 0. The number of thiophene rings is 1. The summed E-state index contributed by atoms with van der Waals surface area (Å²) in [5.74, 6) is -1.20. The van der Waals surface area contributed by atoms with Crippen LogP contribution in [0.4, 0.5) is 5.69 Å². The zero-order valence-electron chi connectivity index (χ0n) is 11.5. The minimum Gasteiger partial charge on any atom is -0.478 e. The second-order valence-electron chi connectivity index (χ2n) is 4.38. The van der Waals surface area contributed by atoms with Crippen LogP contribution in [0, 0.1) is 0 Å². The smallest absolute Gasteiger partial charge is 0.328 e. The van der Waals surface area contributed by atoms with Crippen LogP contribution >= 0.6 is 11.3 Å². The number of benzene rings is 1. The number of carbonyl (C=O) groups is 2. The molecule has 0 aliphatic rings. The highest BCUT2D eigenvalue weighted by Crippen LogP contribution is 2.20. The molecule has 0 fully saturated rings. The van der Waals surface area contributed by atoms with Crippen LogP contribution in [0.5, 0.6) is 0 Å². The van der Waals surface area contributed by atoms with E-state index in [-0.39, 0.29) is 5.91 Å². The van der Waals surface area contributed by atoms with Crippen molar-refractivity contribution >= 4 is 35.0 Å². The molecule has 0 bridgehead atoms. The van der Waals surface area contributed by atoms with Crippen molar-refractivity contribution in [3.63, 3.8) is 0 Å². The van der Waals surface area contributed by atoms with E-state index in [1.54, 1.807) is 12.1 Å². The van der Waals surface area contributed by atoms with Gasteiger partial charge in [-0.1, -0.05) is 19.1 Å². The van der Waals surface area contributed by atoms with Crippen molar-refractivity contribution in [1.29, 1.82) is 0 Å². The van der Waals surface area contributed by atoms with Gasteiger partial charge in [0.1, 0.15) is 0 Å². The van der Waals surface area contributed by atoms with Gasteiger partial charge in [0.2, 0.25) is 0 Å². The van der Waals surface area contributed by atoms with Crippen molar-refractivity contribution in [2.45, 2.75) is 13.3 Å². The number of rotatable bonds is 5. The van der Waals surface area contributed by atoms with Gasteiger partial charge in [-0.15, -0.1) is 11.3 Å². The quantitative estimate of drug-likeness (QED) is 0.828. The second-order valence-corrected chi connectivity index (χ2v) is 5.49. The average Bonchev–Trinajstić information content (AvgIpc) is 2.95. The molecule has 0 radical (unpaired) electrons. The summed E-state index contributed by atoms with van der Waals surface area (Å²) in [5, 5.41) is 11.4. The molecule has 2 rings (SSSR count). The number of hydrogen-bond donors (Lipinski definition) is 2. The normalized spacial score (nSPS) is 10.7. The number of anilines is 1. The molecule has 0 saturated heterocycles. The Hall–Kier alpha value is -2.40. The zero-order chi connectivity index (χ0) is 15.2. The minimum absolute atomic E-state index is 0.195. The Balaban J connectivity index is 2.04. The SMILES string of the molecule is CCc1ccc(NC(=O)c2ccc(C=CC(=O)O)s2)cc1. The number of amides is 1. The summed E-state index contributed by atoms with van der Waals surface area (Å²) in [6.45, 7) is 2.07. The van der Waals surface area contributed by atoms with Gasteiger partial charge in [-0.2, -0.15) is 0 Å². The van der Waals surface area contributed by atoms with Gasteiger partial charge in [-0.3, -0.25) is 4.79 Å². The van der Waals surface area contributed by atoms with Gasteiger partial charge >= 0.3 is 5.97 Å². The summed E-state index contributed by atoms with van der Waals surface area (Å²) in [4.78, 5) is 23.8. The molecule has 1 heterocycles. The Bertz CT molecular complexity index is 671. The summed E-state index contributed by atoms with van der Waals surface area (Å²) in [6.07, 6.45) is 3.48. The number of carboxylic acids is 1. The van der Waals surface area contributed by atoms with E-state index in [9.17, 15) is 9.59 Å². The number of carbonyl (C=O) groups excluding carboxylic acids is 1. The number of nitrogens with one attached hydrogen (secondary N) is 1. The van der Waals surface area contributed by atoms with Crippen LogP contribution in [0.2, 0.25) is 0 Å². The first-order valence-electron chi connectivity index (χ1n) is 6.49. The number of hydrogen-bond acceptors (Lipinski definition) is 3. The molecule has 2 aromatic rings. The van der Waals surface area contributed by atoms with Crippen molar-refractivity contribution in [2.75, 3.05) is 5.32 Å². The minimum atomic E-state index is -1.01. The Morgan fingerprint density at radius 1 is 1.19 bits per heavy atom. The third-order valence-corrected chi connectivity index (χ3v) is 3.91. The molecule has 5 heteroatoms. The lowest BCUT2D eigenvalue weighted by atomic mass is 10.1. The average molecular weight is 301 g/mol. The van der Waals surface area contributed by atoms with E-state index < -0.39 is 5.97 Å². The lowest BCUT2D eigenvalue weighted by Crippen LogP contribution is -2.09. The van der Waals surface area contributed by atoms with E-state index >= 15 is 0 Å². The molecule has 0 aliphatic heterocycles. The number of carboxylic acid groups (broad SMARTS) is 1. The Kier molecular flexibility index (Phi) is 4.90. The number of aliphatic carboxylic acids is 1. The first-order chi connectivity index (χ1) is 10.1. The first kappa shape index (κ1) is 15.0. The third-order valence-electron chi connectivity index (χ3n) is 2.86. The van der Waals surface area contributed by atoms with Crippen molar-refractivity contribution in [3.8, 4) is 0 Å². The highest BCUT2D eigenvalue weighted by Gasteiger charge is 2.08. The maximum Gasteiger partial charge on any atom is 0.328 e. The first-order valence-corrected chi connectivity index (χ1v) is 7.31. The molecule has 1 aromatic heterocycles. The summed E-state index contributed by atoms with van der Waals surface area (Å²) in [6, 6.07) is 11.1. The molecule has 21 heavy (non-hydrogen) atoms. The van der Waals surface area contributed by atoms with Gasteiger partial charge < -0.3 is 10.4 Å². The molecule has 1 aromatic carbocycles. The highest BCUT2D eigenvalue weighted by atomic mass is 32.1. The molecule has 108 valence electrons. The third kappa shape index (κ3) is 4.29. The van der Waals surface area contributed by atoms with Gasteiger partial charge in [0, 0.05) is 16.6 Å². The van der Waals surface area contributed by atoms with Crippen LogP contribution in [-0.2, 0) is 11.2 Å². The topological polar surface area (TPSA) is 66.4 Å². The molecular weight excluding hydrogens is 286 g/mol. The molecule has 0 spiro atoms. The fraction of sp³-hybridized carbons (Fsp3) is 0.125. The maximum atomic E-state index is 12.1. The van der Waals surface area contributed by atoms with E-state index in [1.165, 1.54) is 23.0 Å². The molecule has 0 aliphatic carbocycles. The van der Waals surface area contributed by atoms with Crippen LogP contribution in [0.25, 0.3) is 6.08 Å². The Labute approximate surface area is 126 Å². The highest BCUT2D eigenvalue weighted by molar-refractivity contribution is 7.15. The molecule has 4 nitrogen and oxygen atoms in total. The van der Waals surface area contributed by atoms with Gasteiger partial charge in [-0.05, 0) is 42.3 Å². The van der Waals surface area contributed by atoms with Crippen LogP contribution in [0.15, 0.2) is 42.5 Å². The monoisotopic (exact) mass is 301 g/mol. The largest absolute Gasteiger partial charge is 0.478 e. The van der Waals surface area contributed by atoms with Crippen LogP contribution in [0.3, 0.4) is 0 Å². The van der Waals surface area contributed by atoms with E-state index in [4.69, 9.17) is 5.11 Å². The predicted molar refractivity (Wildman–Crippen MR) is 84.8 cm³/mol. The van der Waals surface area contributed by atoms with E-state index in [0.29, 0.717) is 4.88 Å². The maximum absolute atomic E-state index is 12.1. The second kappa shape index (κ2) is 6.85. The van der Waals surface area contributed by atoms with Gasteiger partial charge in [0.15, 0.2) is 0 Å². The van der Waals surface area contributed by atoms with Crippen molar-refractivity contribution in [2.24, 2.45) is 0 Å². The van der Waals surface area contributed by atoms with E-state index in [0.717, 1.165) is 23.1 Å². The van der Waals surface area contributed by atoms with Gasteiger partial charge in [-0.25, -0.2) is 4.79 Å². The molecule has 1 amide bonds. The van der Waals surface area contributed by atoms with Crippen LogP contribution in [0.1, 0.15) is 27.0 Å². The fourth-order valence-corrected chi connectivity index (χ4v) is 2.54. The molecule has 0 unspecified atom stereocenters. The van der Waals surface area contributed by atoms with Crippen molar-refractivity contribution in [3.05, 3.63) is 57.8 Å². The predicted octanol–water partition coefficient (Wildman–Crippen LogP) is 3.66. The molecular formula is C16H15NO3S. The Morgan fingerprint density at radius 2 is 1.90 bits per heavy atom.